The van der Waals surface area contributed by atoms with E-state index in [1.807, 2.05) is 62.4 Å². The van der Waals surface area contributed by atoms with E-state index >= 15 is 0 Å². The number of carbonyl (C=O) groups is 2. The summed E-state index contributed by atoms with van der Waals surface area (Å²) in [5, 5.41) is 2.74. The summed E-state index contributed by atoms with van der Waals surface area (Å²) >= 11 is 0. The predicted octanol–water partition coefficient (Wildman–Crippen LogP) is 3.98. The minimum Gasteiger partial charge on any atom is -0.467 e. The minimum absolute atomic E-state index is 0.294. The maximum atomic E-state index is 12.4. The van der Waals surface area contributed by atoms with Crippen molar-refractivity contribution in [3.05, 3.63) is 71.8 Å². The number of rotatable bonds is 6. The Morgan fingerprint density at radius 1 is 1.00 bits per heavy atom. The molecule has 25 heavy (non-hydrogen) atoms. The van der Waals surface area contributed by atoms with E-state index in [0.717, 1.165) is 16.7 Å². The van der Waals surface area contributed by atoms with Crippen LogP contribution in [0.2, 0.25) is 0 Å². The molecule has 0 aliphatic rings. The molecule has 0 spiro atoms. The summed E-state index contributed by atoms with van der Waals surface area (Å²) in [6.07, 6.45) is 2.31. The molecule has 4 heteroatoms. The Kier molecular flexibility index (Phi) is 6.52. The number of allylic oxidation sites excluding steroid dienone is 1. The van der Waals surface area contributed by atoms with Crippen LogP contribution in [0, 0.1) is 0 Å². The van der Waals surface area contributed by atoms with Gasteiger partial charge in [0.15, 0.2) is 0 Å². The molecular formula is C21H23NO3. The number of nitrogens with one attached hydrogen (secondary N) is 1. The third-order valence-corrected chi connectivity index (χ3v) is 3.81. The quantitative estimate of drug-likeness (QED) is 0.641. The second kappa shape index (κ2) is 8.83. The van der Waals surface area contributed by atoms with Crippen molar-refractivity contribution in [1.29, 1.82) is 0 Å². The second-order valence-corrected chi connectivity index (χ2v) is 6.01. The van der Waals surface area contributed by atoms with Crippen LogP contribution in [-0.2, 0) is 9.53 Å². The van der Waals surface area contributed by atoms with Crippen LogP contribution < -0.4 is 5.32 Å². The van der Waals surface area contributed by atoms with Gasteiger partial charge in [0.05, 0.1) is 7.11 Å². The van der Waals surface area contributed by atoms with Crippen LogP contribution in [0.3, 0.4) is 0 Å². The molecule has 2 aromatic carbocycles. The maximum Gasteiger partial charge on any atom is 0.328 e. The zero-order chi connectivity index (χ0) is 18.2. The Hall–Kier alpha value is -2.88. The van der Waals surface area contributed by atoms with Crippen LogP contribution in [0.25, 0.3) is 11.1 Å². The summed E-state index contributed by atoms with van der Waals surface area (Å²) in [6, 6.07) is 16.6. The maximum absolute atomic E-state index is 12.4. The van der Waals surface area contributed by atoms with Gasteiger partial charge in [0.2, 0.25) is 0 Å². The highest BCUT2D eigenvalue weighted by Crippen LogP contribution is 2.19. The van der Waals surface area contributed by atoms with Gasteiger partial charge in [-0.15, -0.1) is 0 Å². The van der Waals surface area contributed by atoms with E-state index in [-0.39, 0.29) is 5.91 Å². The molecule has 4 nitrogen and oxygen atoms in total. The molecule has 0 saturated heterocycles. The summed E-state index contributed by atoms with van der Waals surface area (Å²) in [4.78, 5) is 24.3. The Morgan fingerprint density at radius 2 is 1.60 bits per heavy atom. The largest absolute Gasteiger partial charge is 0.467 e. The molecule has 0 heterocycles. The molecule has 1 N–H and O–H groups in total. The fourth-order valence-corrected chi connectivity index (χ4v) is 2.40. The van der Waals surface area contributed by atoms with Crippen molar-refractivity contribution < 1.29 is 14.3 Å². The summed E-state index contributed by atoms with van der Waals surface area (Å²) in [5.74, 6) is -0.746. The van der Waals surface area contributed by atoms with E-state index < -0.39 is 12.0 Å². The van der Waals surface area contributed by atoms with Crippen molar-refractivity contribution >= 4 is 11.9 Å². The van der Waals surface area contributed by atoms with Crippen LogP contribution in [0.15, 0.2) is 66.2 Å². The van der Waals surface area contributed by atoms with Gasteiger partial charge in [-0.1, -0.05) is 54.1 Å². The van der Waals surface area contributed by atoms with E-state index in [4.69, 9.17) is 4.74 Å². The van der Waals surface area contributed by atoms with Crippen LogP contribution in [0.1, 0.15) is 30.6 Å². The molecule has 2 rings (SSSR count). The normalized spacial score (nSPS) is 11.3. The van der Waals surface area contributed by atoms with Crippen LogP contribution in [0.4, 0.5) is 0 Å². The third kappa shape index (κ3) is 5.31. The summed E-state index contributed by atoms with van der Waals surface area (Å²) in [5.41, 5.74) is 3.71. The van der Waals surface area contributed by atoms with Crippen LogP contribution in [0.5, 0.6) is 0 Å². The van der Waals surface area contributed by atoms with Gasteiger partial charge in [-0.25, -0.2) is 4.79 Å². The first-order chi connectivity index (χ1) is 12.0. The first kappa shape index (κ1) is 18.5. The summed E-state index contributed by atoms with van der Waals surface area (Å²) < 4.78 is 4.78. The molecule has 1 atom stereocenters. The molecular weight excluding hydrogens is 314 g/mol. The topological polar surface area (TPSA) is 55.4 Å². The van der Waals surface area contributed by atoms with Gasteiger partial charge in [0.1, 0.15) is 6.04 Å². The smallest absolute Gasteiger partial charge is 0.328 e. The van der Waals surface area contributed by atoms with Crippen LogP contribution >= 0.6 is 0 Å². The fraction of sp³-hybridized carbons (Fsp3) is 0.238. The van der Waals surface area contributed by atoms with Crippen molar-refractivity contribution in [2.75, 3.05) is 7.11 Å². The summed E-state index contributed by atoms with van der Waals surface area (Å²) in [6.45, 7) is 3.89. The highest BCUT2D eigenvalue weighted by molar-refractivity contribution is 5.97. The lowest BCUT2D eigenvalue weighted by Gasteiger charge is -2.15. The Morgan fingerprint density at radius 3 is 2.16 bits per heavy atom. The number of benzene rings is 2. The average molecular weight is 337 g/mol. The number of amides is 1. The first-order valence-electron chi connectivity index (χ1n) is 8.19. The van der Waals surface area contributed by atoms with E-state index in [1.165, 1.54) is 7.11 Å². The number of ether oxygens (including phenoxy) is 1. The molecule has 0 fully saturated rings. The van der Waals surface area contributed by atoms with Gasteiger partial charge in [0, 0.05) is 5.56 Å². The molecule has 0 aliphatic carbocycles. The van der Waals surface area contributed by atoms with Gasteiger partial charge in [-0.3, -0.25) is 4.79 Å². The third-order valence-electron chi connectivity index (χ3n) is 3.81. The number of carbonyl (C=O) groups excluding carboxylic acids is 2. The van der Waals surface area contributed by atoms with Crippen molar-refractivity contribution in [2.45, 2.75) is 26.3 Å². The molecule has 130 valence electrons. The van der Waals surface area contributed by atoms with Crippen LogP contribution in [-0.4, -0.2) is 25.0 Å². The van der Waals surface area contributed by atoms with Crippen molar-refractivity contribution in [3.63, 3.8) is 0 Å². The van der Waals surface area contributed by atoms with E-state index in [9.17, 15) is 9.59 Å². The van der Waals surface area contributed by atoms with Crippen molar-refractivity contribution in [3.8, 4) is 11.1 Å². The molecule has 0 radical (unpaired) electrons. The Balaban J connectivity index is 2.10. The fourth-order valence-electron chi connectivity index (χ4n) is 2.40. The monoisotopic (exact) mass is 337 g/mol. The van der Waals surface area contributed by atoms with Gasteiger partial charge in [0.25, 0.3) is 5.91 Å². The van der Waals surface area contributed by atoms with Crippen molar-refractivity contribution in [2.24, 2.45) is 0 Å². The summed E-state index contributed by atoms with van der Waals surface area (Å²) in [7, 11) is 1.32. The number of methoxy groups -OCH3 is 1. The van der Waals surface area contributed by atoms with Gasteiger partial charge in [-0.05, 0) is 43.5 Å². The SMILES string of the molecule is COC(=O)[C@H](CC=C(C)C)NC(=O)c1ccc(-c2ccccc2)cc1. The molecule has 2 aromatic rings. The van der Waals surface area contributed by atoms with Gasteiger partial charge in [-0.2, -0.15) is 0 Å². The lowest BCUT2D eigenvalue weighted by atomic mass is 10.0. The van der Waals surface area contributed by atoms with E-state index in [0.29, 0.717) is 12.0 Å². The minimum atomic E-state index is -0.693. The highest BCUT2D eigenvalue weighted by atomic mass is 16.5. The second-order valence-electron chi connectivity index (χ2n) is 6.01. The zero-order valence-corrected chi connectivity index (χ0v) is 14.8. The van der Waals surface area contributed by atoms with E-state index in [2.05, 4.69) is 5.32 Å². The van der Waals surface area contributed by atoms with Gasteiger partial charge < -0.3 is 10.1 Å². The number of hydrogen-bond donors (Lipinski definition) is 1. The molecule has 1 amide bonds. The van der Waals surface area contributed by atoms with E-state index in [1.54, 1.807) is 12.1 Å². The molecule has 0 bridgehead atoms. The number of hydrogen-bond acceptors (Lipinski definition) is 3. The average Bonchev–Trinajstić information content (AvgIpc) is 2.65. The Labute approximate surface area is 148 Å². The molecule has 0 aliphatic heterocycles. The van der Waals surface area contributed by atoms with Gasteiger partial charge >= 0.3 is 5.97 Å². The van der Waals surface area contributed by atoms with Crippen molar-refractivity contribution in [1.82, 2.24) is 5.32 Å². The zero-order valence-electron chi connectivity index (χ0n) is 14.8. The Bertz CT molecular complexity index is 744. The standard InChI is InChI=1S/C21H23NO3/c1-15(2)9-14-19(21(24)25-3)22-20(23)18-12-10-17(11-13-18)16-7-5-4-6-8-16/h4-13,19H,14H2,1-3H3,(H,22,23)/t19-/m0/s1. The predicted molar refractivity (Wildman–Crippen MR) is 99.2 cm³/mol. The number of esters is 1. The lowest BCUT2D eigenvalue weighted by Crippen LogP contribution is -2.41. The first-order valence-corrected chi connectivity index (χ1v) is 8.19. The molecule has 0 aromatic heterocycles. The molecule has 0 saturated carbocycles. The highest BCUT2D eigenvalue weighted by Gasteiger charge is 2.21. The molecule has 0 unspecified atom stereocenters. The lowest BCUT2D eigenvalue weighted by molar-refractivity contribution is -0.142.